The van der Waals surface area contributed by atoms with Crippen LogP contribution in [0.4, 0.5) is 0 Å². The Morgan fingerprint density at radius 2 is 1.20 bits per heavy atom. The van der Waals surface area contributed by atoms with Gasteiger partial charge in [-0.05, 0) is 25.7 Å². The van der Waals surface area contributed by atoms with Crippen molar-refractivity contribution in [1.82, 2.24) is 5.32 Å². The fourth-order valence-corrected chi connectivity index (χ4v) is 4.14. The Hall–Kier alpha value is -0.0800. The Morgan fingerprint density at radius 3 is 1.73 bits per heavy atom. The van der Waals surface area contributed by atoms with Crippen molar-refractivity contribution in [3.05, 3.63) is 0 Å². The molecule has 0 radical (unpaired) electrons. The summed E-state index contributed by atoms with van der Waals surface area (Å²) in [6.07, 6.45) is 10.5. The predicted octanol–water partition coefficient (Wildman–Crippen LogP) is 2.07. The molecule has 2 nitrogen and oxygen atoms in total. The lowest BCUT2D eigenvalue weighted by atomic mass is 9.67. The summed E-state index contributed by atoms with van der Waals surface area (Å²) in [6.45, 7) is 0. The van der Waals surface area contributed by atoms with Crippen LogP contribution in [0.2, 0.25) is 0 Å². The summed E-state index contributed by atoms with van der Waals surface area (Å²) in [7, 11) is 0. The molecule has 3 aliphatic rings. The van der Waals surface area contributed by atoms with E-state index in [0.717, 1.165) is 0 Å². The monoisotopic (exact) mass is 209 g/mol. The van der Waals surface area contributed by atoms with E-state index < -0.39 is 0 Å². The molecule has 2 N–H and O–H groups in total. The molecule has 2 aliphatic carbocycles. The van der Waals surface area contributed by atoms with Crippen molar-refractivity contribution in [3.8, 4) is 0 Å². The molecule has 0 aromatic rings. The van der Waals surface area contributed by atoms with Gasteiger partial charge in [-0.3, -0.25) is 0 Å². The first kappa shape index (κ1) is 10.1. The Morgan fingerprint density at radius 1 is 0.733 bits per heavy atom. The lowest BCUT2D eigenvalue weighted by Crippen LogP contribution is -2.60. The van der Waals surface area contributed by atoms with E-state index in [4.69, 9.17) is 0 Å². The molecule has 1 aliphatic heterocycles. The van der Waals surface area contributed by atoms with Crippen LogP contribution in [0.3, 0.4) is 0 Å². The Kier molecular flexibility index (Phi) is 2.73. The third-order valence-electron chi connectivity index (χ3n) is 4.94. The summed E-state index contributed by atoms with van der Waals surface area (Å²) in [6, 6.07) is 1.26. The van der Waals surface area contributed by atoms with E-state index in [1.165, 1.54) is 51.4 Å². The van der Waals surface area contributed by atoms with E-state index in [1.54, 1.807) is 0 Å². The number of nitrogens with one attached hydrogen (secondary N) is 1. The summed E-state index contributed by atoms with van der Waals surface area (Å²) in [5, 5.41) is 14.3. The highest BCUT2D eigenvalue weighted by molar-refractivity contribution is 5.00. The van der Waals surface area contributed by atoms with Crippen LogP contribution in [0.1, 0.15) is 51.4 Å². The Labute approximate surface area is 92.4 Å². The van der Waals surface area contributed by atoms with Crippen LogP contribution in [0, 0.1) is 11.8 Å². The van der Waals surface area contributed by atoms with Crippen molar-refractivity contribution in [3.63, 3.8) is 0 Å². The first-order chi connectivity index (χ1) is 7.36. The van der Waals surface area contributed by atoms with Gasteiger partial charge >= 0.3 is 0 Å². The topological polar surface area (TPSA) is 32.3 Å². The molecule has 2 saturated carbocycles. The molecule has 0 bridgehead atoms. The Balaban J connectivity index is 1.76. The minimum Gasteiger partial charge on any atom is -0.392 e. The van der Waals surface area contributed by atoms with Gasteiger partial charge in [0.25, 0.3) is 0 Å². The average Bonchev–Trinajstić information content (AvgIpc) is 2.30. The predicted molar refractivity (Wildman–Crippen MR) is 60.6 cm³/mol. The van der Waals surface area contributed by atoms with E-state index in [2.05, 4.69) is 5.32 Å². The molecule has 2 heteroatoms. The highest BCUT2D eigenvalue weighted by atomic mass is 16.3. The van der Waals surface area contributed by atoms with Crippen LogP contribution in [-0.4, -0.2) is 23.3 Å². The van der Waals surface area contributed by atoms with E-state index in [1.807, 2.05) is 0 Å². The van der Waals surface area contributed by atoms with Crippen LogP contribution in [-0.2, 0) is 0 Å². The molecule has 15 heavy (non-hydrogen) atoms. The van der Waals surface area contributed by atoms with Crippen molar-refractivity contribution < 1.29 is 5.11 Å². The minimum atomic E-state index is 0.00171. The molecule has 86 valence electrons. The van der Waals surface area contributed by atoms with Crippen LogP contribution in [0.25, 0.3) is 0 Å². The van der Waals surface area contributed by atoms with E-state index in [0.29, 0.717) is 23.9 Å². The molecule has 1 saturated heterocycles. The summed E-state index contributed by atoms with van der Waals surface area (Å²) >= 11 is 0. The van der Waals surface area contributed by atoms with E-state index >= 15 is 0 Å². The van der Waals surface area contributed by atoms with E-state index in [9.17, 15) is 5.11 Å². The maximum absolute atomic E-state index is 10.5. The zero-order valence-corrected chi connectivity index (χ0v) is 9.49. The van der Waals surface area contributed by atoms with Gasteiger partial charge in [0.05, 0.1) is 6.10 Å². The highest BCUT2D eigenvalue weighted by Crippen LogP contribution is 2.40. The van der Waals surface area contributed by atoms with Gasteiger partial charge in [-0.15, -0.1) is 0 Å². The van der Waals surface area contributed by atoms with Crippen molar-refractivity contribution >= 4 is 0 Å². The minimum absolute atomic E-state index is 0.00171. The lowest BCUT2D eigenvalue weighted by molar-refractivity contribution is -0.0478. The SMILES string of the molecule is OC1[C@@H]2CCCC[C@@H]2N[C@H]2CCCC[C@@H]12. The molecule has 0 aromatic carbocycles. The number of hydrogen-bond acceptors (Lipinski definition) is 2. The van der Waals surface area contributed by atoms with Crippen LogP contribution in [0.15, 0.2) is 0 Å². The molecule has 0 unspecified atom stereocenters. The number of hydrogen-bond donors (Lipinski definition) is 2. The van der Waals surface area contributed by atoms with Crippen molar-refractivity contribution in [2.45, 2.75) is 69.6 Å². The second-order valence-electron chi connectivity index (χ2n) is 5.77. The summed E-state index contributed by atoms with van der Waals surface area (Å²) in [4.78, 5) is 0. The third-order valence-corrected chi connectivity index (χ3v) is 4.94. The van der Waals surface area contributed by atoms with Gasteiger partial charge in [0.15, 0.2) is 0 Å². The van der Waals surface area contributed by atoms with Gasteiger partial charge in [-0.1, -0.05) is 25.7 Å². The highest BCUT2D eigenvalue weighted by Gasteiger charge is 2.44. The molecule has 4 atom stereocenters. The zero-order valence-electron chi connectivity index (χ0n) is 9.49. The number of piperidine rings is 1. The first-order valence-electron chi connectivity index (χ1n) is 6.80. The Bertz CT molecular complexity index is 209. The average molecular weight is 209 g/mol. The summed E-state index contributed by atoms with van der Waals surface area (Å²) in [5.74, 6) is 1.14. The molecule has 3 rings (SSSR count). The van der Waals surface area contributed by atoms with Crippen molar-refractivity contribution in [1.29, 1.82) is 0 Å². The number of aliphatic hydroxyl groups is 1. The quantitative estimate of drug-likeness (QED) is 0.640. The van der Waals surface area contributed by atoms with Gasteiger partial charge in [-0.2, -0.15) is 0 Å². The van der Waals surface area contributed by atoms with Crippen LogP contribution >= 0.6 is 0 Å². The third kappa shape index (κ3) is 1.72. The number of rotatable bonds is 0. The standard InChI is InChI=1S/C13H23NO/c15-13-9-5-1-3-7-11(9)14-12-8-4-2-6-10(12)13/h9-15H,1-8H2/t9-,10-,11+,12+/m1/s1. The maximum atomic E-state index is 10.5. The smallest absolute Gasteiger partial charge is 0.0626 e. The van der Waals surface area contributed by atoms with Crippen LogP contribution < -0.4 is 5.32 Å². The van der Waals surface area contributed by atoms with Gasteiger partial charge in [0.1, 0.15) is 0 Å². The fraction of sp³-hybridized carbons (Fsp3) is 1.00. The molecular weight excluding hydrogens is 186 g/mol. The van der Waals surface area contributed by atoms with Gasteiger partial charge in [0.2, 0.25) is 0 Å². The fourth-order valence-electron chi connectivity index (χ4n) is 4.14. The molecule has 3 fully saturated rings. The molecule has 0 amide bonds. The zero-order chi connectivity index (χ0) is 10.3. The normalized spacial score (nSPS) is 50.6. The number of fused-ring (bicyclic) bond motifs is 2. The maximum Gasteiger partial charge on any atom is 0.0626 e. The van der Waals surface area contributed by atoms with E-state index in [-0.39, 0.29) is 6.10 Å². The summed E-state index contributed by atoms with van der Waals surface area (Å²) < 4.78 is 0. The largest absolute Gasteiger partial charge is 0.392 e. The lowest BCUT2D eigenvalue weighted by Gasteiger charge is -2.50. The van der Waals surface area contributed by atoms with Gasteiger partial charge in [0, 0.05) is 23.9 Å². The molecule has 0 spiro atoms. The molecule has 1 heterocycles. The molecular formula is C13H23NO. The summed E-state index contributed by atoms with van der Waals surface area (Å²) in [5.41, 5.74) is 0. The first-order valence-corrected chi connectivity index (χ1v) is 6.80. The second-order valence-corrected chi connectivity index (χ2v) is 5.77. The van der Waals surface area contributed by atoms with Crippen molar-refractivity contribution in [2.75, 3.05) is 0 Å². The second kappa shape index (κ2) is 4.06. The number of aliphatic hydroxyl groups excluding tert-OH is 1. The van der Waals surface area contributed by atoms with Gasteiger partial charge < -0.3 is 10.4 Å². The van der Waals surface area contributed by atoms with Crippen molar-refractivity contribution in [2.24, 2.45) is 11.8 Å². The molecule has 0 aromatic heterocycles. The van der Waals surface area contributed by atoms with Crippen LogP contribution in [0.5, 0.6) is 0 Å². The van der Waals surface area contributed by atoms with Gasteiger partial charge in [-0.25, -0.2) is 0 Å².